The van der Waals surface area contributed by atoms with E-state index in [1.54, 1.807) is 12.4 Å². The Hall–Kier alpha value is -3.35. The first-order valence-electron chi connectivity index (χ1n) is 10.2. The summed E-state index contributed by atoms with van der Waals surface area (Å²) in [5.41, 5.74) is 3.47. The van der Waals surface area contributed by atoms with Crippen LogP contribution in [0.4, 0.5) is 5.82 Å². The molecule has 0 spiro atoms. The lowest BCUT2D eigenvalue weighted by atomic mass is 10.1. The Bertz CT molecular complexity index is 1140. The highest BCUT2D eigenvalue weighted by Gasteiger charge is 2.14. The van der Waals surface area contributed by atoms with Crippen molar-refractivity contribution < 1.29 is 0 Å². The van der Waals surface area contributed by atoms with Gasteiger partial charge in [0.15, 0.2) is 5.82 Å². The number of rotatable bonds is 4. The SMILES string of the molecule is CCc1cncc(-c2cc3c(cn2)cnn3-c2cccc(N3CCCCC3)n2)n1. The summed E-state index contributed by atoms with van der Waals surface area (Å²) in [7, 11) is 0. The second-order valence-electron chi connectivity index (χ2n) is 7.34. The van der Waals surface area contributed by atoms with Crippen molar-refractivity contribution in [3.8, 4) is 17.2 Å². The average Bonchev–Trinajstić information content (AvgIpc) is 3.23. The molecule has 7 heteroatoms. The molecule has 0 aromatic carbocycles. The molecule has 1 aliphatic rings. The van der Waals surface area contributed by atoms with Gasteiger partial charge in [0.05, 0.1) is 29.3 Å². The van der Waals surface area contributed by atoms with Gasteiger partial charge in [-0.1, -0.05) is 13.0 Å². The van der Waals surface area contributed by atoms with Crippen LogP contribution in [0, 0.1) is 0 Å². The molecule has 0 unspecified atom stereocenters. The molecule has 0 amide bonds. The van der Waals surface area contributed by atoms with Crippen molar-refractivity contribution in [1.82, 2.24) is 29.7 Å². The zero-order valence-electron chi connectivity index (χ0n) is 16.5. The van der Waals surface area contributed by atoms with E-state index in [1.165, 1.54) is 19.3 Å². The largest absolute Gasteiger partial charge is 0.357 e. The van der Waals surface area contributed by atoms with Crippen molar-refractivity contribution in [3.63, 3.8) is 0 Å². The number of anilines is 1. The normalized spacial score (nSPS) is 14.4. The molecular formula is C22H23N7. The van der Waals surface area contributed by atoms with Crippen LogP contribution in [-0.4, -0.2) is 42.8 Å². The Morgan fingerprint density at radius 1 is 0.897 bits per heavy atom. The summed E-state index contributed by atoms with van der Waals surface area (Å²) in [6.07, 6.45) is 11.8. The van der Waals surface area contributed by atoms with Gasteiger partial charge in [-0.25, -0.2) is 14.6 Å². The predicted octanol–water partition coefficient (Wildman–Crippen LogP) is 3.83. The number of hydrogen-bond acceptors (Lipinski definition) is 6. The van der Waals surface area contributed by atoms with Crippen LogP contribution in [0.25, 0.3) is 28.1 Å². The Morgan fingerprint density at radius 2 is 1.76 bits per heavy atom. The maximum Gasteiger partial charge on any atom is 0.156 e. The third-order valence-electron chi connectivity index (χ3n) is 5.38. The smallest absolute Gasteiger partial charge is 0.156 e. The van der Waals surface area contributed by atoms with Crippen LogP contribution >= 0.6 is 0 Å². The van der Waals surface area contributed by atoms with E-state index in [9.17, 15) is 0 Å². The maximum absolute atomic E-state index is 4.90. The highest BCUT2D eigenvalue weighted by atomic mass is 15.3. The Kier molecular flexibility index (Phi) is 4.63. The molecular weight excluding hydrogens is 362 g/mol. The standard InChI is InChI=1S/C22H23N7/c1-2-17-14-23-15-19(26-17)18-11-20-16(12-24-18)13-25-29(20)22-8-6-7-21(27-22)28-9-4-3-5-10-28/h6-8,11-15H,2-5,9-10H2,1H3. The molecule has 29 heavy (non-hydrogen) atoms. The quantitative estimate of drug-likeness (QED) is 0.532. The summed E-state index contributed by atoms with van der Waals surface area (Å²) >= 11 is 0. The van der Waals surface area contributed by atoms with Gasteiger partial charge in [0.1, 0.15) is 11.5 Å². The van der Waals surface area contributed by atoms with E-state index < -0.39 is 0 Å². The van der Waals surface area contributed by atoms with E-state index in [0.29, 0.717) is 0 Å². The van der Waals surface area contributed by atoms with Gasteiger partial charge in [-0.3, -0.25) is 9.97 Å². The van der Waals surface area contributed by atoms with Crippen molar-refractivity contribution in [2.75, 3.05) is 18.0 Å². The third kappa shape index (κ3) is 3.44. The minimum atomic E-state index is 0.772. The first-order valence-corrected chi connectivity index (χ1v) is 10.2. The highest BCUT2D eigenvalue weighted by molar-refractivity contribution is 5.82. The van der Waals surface area contributed by atoms with Crippen LogP contribution in [0.1, 0.15) is 31.9 Å². The molecule has 7 nitrogen and oxygen atoms in total. The van der Waals surface area contributed by atoms with E-state index in [1.807, 2.05) is 29.2 Å². The zero-order chi connectivity index (χ0) is 19.6. The second-order valence-corrected chi connectivity index (χ2v) is 7.34. The molecule has 1 aliphatic heterocycles. The molecule has 1 fully saturated rings. The summed E-state index contributed by atoms with van der Waals surface area (Å²) < 4.78 is 1.88. The van der Waals surface area contributed by atoms with E-state index in [-0.39, 0.29) is 0 Å². The van der Waals surface area contributed by atoms with E-state index in [2.05, 4.69) is 44.0 Å². The Labute approximate surface area is 169 Å². The van der Waals surface area contributed by atoms with Crippen LogP contribution in [0.5, 0.6) is 0 Å². The van der Waals surface area contributed by atoms with Crippen LogP contribution in [0.2, 0.25) is 0 Å². The summed E-state index contributed by atoms with van der Waals surface area (Å²) in [4.78, 5) is 20.8. The van der Waals surface area contributed by atoms with E-state index in [0.717, 1.165) is 59.1 Å². The van der Waals surface area contributed by atoms with Crippen molar-refractivity contribution >= 4 is 16.7 Å². The molecule has 5 rings (SSSR count). The monoisotopic (exact) mass is 385 g/mol. The number of hydrogen-bond donors (Lipinski definition) is 0. The lowest BCUT2D eigenvalue weighted by Crippen LogP contribution is -2.30. The number of nitrogens with zero attached hydrogens (tertiary/aromatic N) is 7. The van der Waals surface area contributed by atoms with Gasteiger partial charge in [-0.15, -0.1) is 0 Å². The van der Waals surface area contributed by atoms with Crippen LogP contribution in [0.3, 0.4) is 0 Å². The van der Waals surface area contributed by atoms with E-state index in [4.69, 9.17) is 4.98 Å². The van der Waals surface area contributed by atoms with Gasteiger partial charge in [-0.2, -0.15) is 5.10 Å². The Morgan fingerprint density at radius 3 is 2.62 bits per heavy atom. The number of pyridine rings is 2. The van der Waals surface area contributed by atoms with E-state index >= 15 is 0 Å². The molecule has 4 aromatic rings. The van der Waals surface area contributed by atoms with Crippen molar-refractivity contribution in [1.29, 1.82) is 0 Å². The molecule has 146 valence electrons. The summed E-state index contributed by atoms with van der Waals surface area (Å²) in [6.45, 7) is 4.20. The molecule has 1 saturated heterocycles. The molecule has 5 heterocycles. The van der Waals surface area contributed by atoms with Gasteiger partial charge >= 0.3 is 0 Å². The minimum absolute atomic E-state index is 0.772. The number of aryl methyl sites for hydroxylation is 1. The topological polar surface area (TPSA) is 72.6 Å². The lowest BCUT2D eigenvalue weighted by molar-refractivity contribution is 0.573. The number of piperidine rings is 1. The molecule has 0 bridgehead atoms. The van der Waals surface area contributed by atoms with Crippen molar-refractivity contribution in [2.45, 2.75) is 32.6 Å². The highest BCUT2D eigenvalue weighted by Crippen LogP contribution is 2.24. The van der Waals surface area contributed by atoms with Gasteiger partial charge < -0.3 is 4.90 Å². The molecule has 0 radical (unpaired) electrons. The Balaban J connectivity index is 1.55. The molecule has 0 atom stereocenters. The van der Waals surface area contributed by atoms with Crippen LogP contribution in [-0.2, 0) is 6.42 Å². The van der Waals surface area contributed by atoms with Crippen molar-refractivity contribution in [3.05, 3.63) is 54.7 Å². The van der Waals surface area contributed by atoms with Crippen molar-refractivity contribution in [2.24, 2.45) is 0 Å². The molecule has 4 aromatic heterocycles. The molecule has 0 aliphatic carbocycles. The zero-order valence-corrected chi connectivity index (χ0v) is 16.5. The van der Waals surface area contributed by atoms with Gasteiger partial charge in [-0.05, 0) is 43.9 Å². The second kappa shape index (κ2) is 7.58. The number of aromatic nitrogens is 6. The van der Waals surface area contributed by atoms with Crippen LogP contribution in [0.15, 0.2) is 49.1 Å². The maximum atomic E-state index is 4.90. The van der Waals surface area contributed by atoms with Crippen LogP contribution < -0.4 is 4.90 Å². The minimum Gasteiger partial charge on any atom is -0.357 e. The summed E-state index contributed by atoms with van der Waals surface area (Å²) in [5.74, 6) is 1.83. The summed E-state index contributed by atoms with van der Waals surface area (Å²) in [5, 5.41) is 5.55. The fourth-order valence-electron chi connectivity index (χ4n) is 3.77. The molecule has 0 N–H and O–H groups in total. The molecule has 0 saturated carbocycles. The summed E-state index contributed by atoms with van der Waals surface area (Å²) in [6, 6.07) is 8.15. The van der Waals surface area contributed by atoms with Gasteiger partial charge in [0, 0.05) is 30.9 Å². The fraction of sp³-hybridized carbons (Fsp3) is 0.318. The predicted molar refractivity (Wildman–Crippen MR) is 113 cm³/mol. The number of fused-ring (bicyclic) bond motifs is 1. The lowest BCUT2D eigenvalue weighted by Gasteiger charge is -2.27. The van der Waals surface area contributed by atoms with Gasteiger partial charge in [0.2, 0.25) is 0 Å². The van der Waals surface area contributed by atoms with Gasteiger partial charge in [0.25, 0.3) is 0 Å². The fourth-order valence-corrected chi connectivity index (χ4v) is 3.77. The first-order chi connectivity index (χ1) is 14.3. The first kappa shape index (κ1) is 17.7. The third-order valence-corrected chi connectivity index (χ3v) is 5.38. The average molecular weight is 385 g/mol.